The van der Waals surface area contributed by atoms with E-state index >= 15 is 0 Å². The molecule has 0 aromatic heterocycles. The summed E-state index contributed by atoms with van der Waals surface area (Å²) in [5.74, 6) is -0.895. The number of carbonyl (C=O) groups excluding carboxylic acids is 2. The molecule has 1 atom stereocenters. The second kappa shape index (κ2) is 9.15. The molecular weight excluding hydrogens is 420 g/mol. The molecule has 1 amide bonds. The van der Waals surface area contributed by atoms with Crippen LogP contribution in [0.5, 0.6) is 5.75 Å². The van der Waals surface area contributed by atoms with E-state index in [0.717, 1.165) is 22.1 Å². The lowest BCUT2D eigenvalue weighted by atomic mass is 9.98. The fourth-order valence-corrected chi connectivity index (χ4v) is 3.48. The predicted molar refractivity (Wildman–Crippen MR) is 116 cm³/mol. The maximum absolute atomic E-state index is 12.4. The van der Waals surface area contributed by atoms with Crippen molar-refractivity contribution in [1.82, 2.24) is 0 Å². The molecule has 3 N–H and O–H groups in total. The first-order valence-corrected chi connectivity index (χ1v) is 10.9. The summed E-state index contributed by atoms with van der Waals surface area (Å²) in [4.78, 5) is 24.4. The van der Waals surface area contributed by atoms with Crippen molar-refractivity contribution in [3.05, 3.63) is 66.2 Å². The van der Waals surface area contributed by atoms with Crippen molar-refractivity contribution >= 4 is 38.4 Å². The molecule has 8 nitrogen and oxygen atoms in total. The van der Waals surface area contributed by atoms with Gasteiger partial charge >= 0.3 is 5.97 Å². The first kappa shape index (κ1) is 22.3. The molecule has 9 heteroatoms. The van der Waals surface area contributed by atoms with Gasteiger partial charge in [-0.2, -0.15) is 0 Å². The van der Waals surface area contributed by atoms with Crippen molar-refractivity contribution in [2.24, 2.45) is 5.14 Å². The molecule has 0 unspecified atom stereocenters. The Hall–Kier alpha value is -3.43. The second-order valence-electron chi connectivity index (χ2n) is 6.92. The van der Waals surface area contributed by atoms with Gasteiger partial charge in [0.05, 0.1) is 17.9 Å². The molecule has 3 aromatic carbocycles. The molecule has 0 radical (unpaired) electrons. The fourth-order valence-electron chi connectivity index (χ4n) is 2.96. The van der Waals surface area contributed by atoms with Crippen LogP contribution < -0.4 is 15.2 Å². The quantitative estimate of drug-likeness (QED) is 0.542. The molecule has 3 aromatic rings. The zero-order chi connectivity index (χ0) is 22.6. The van der Waals surface area contributed by atoms with Crippen LogP contribution in [0.1, 0.15) is 18.4 Å². The number of anilines is 1. The van der Waals surface area contributed by atoms with Crippen LogP contribution in [0, 0.1) is 0 Å². The number of nitrogens with one attached hydrogen (secondary N) is 1. The Labute approximate surface area is 180 Å². The zero-order valence-corrected chi connectivity index (χ0v) is 17.8. The van der Waals surface area contributed by atoms with Gasteiger partial charge in [-0.1, -0.05) is 24.3 Å². The van der Waals surface area contributed by atoms with Gasteiger partial charge in [0.15, 0.2) is 6.61 Å². The zero-order valence-electron chi connectivity index (χ0n) is 17.0. The number of methoxy groups -OCH3 is 1. The molecule has 0 spiro atoms. The van der Waals surface area contributed by atoms with E-state index in [-0.39, 0.29) is 4.90 Å². The Bertz CT molecular complexity index is 1220. The van der Waals surface area contributed by atoms with Crippen LogP contribution in [0.2, 0.25) is 0 Å². The highest BCUT2D eigenvalue weighted by molar-refractivity contribution is 7.89. The first-order valence-electron chi connectivity index (χ1n) is 9.34. The minimum Gasteiger partial charge on any atom is -0.497 e. The minimum absolute atomic E-state index is 0.0698. The van der Waals surface area contributed by atoms with Crippen LogP contribution in [0.25, 0.3) is 10.8 Å². The van der Waals surface area contributed by atoms with E-state index in [2.05, 4.69) is 5.32 Å². The number of hydrogen-bond acceptors (Lipinski definition) is 6. The maximum atomic E-state index is 12.4. The summed E-state index contributed by atoms with van der Waals surface area (Å²) >= 11 is 0. The Morgan fingerprint density at radius 3 is 2.29 bits per heavy atom. The molecule has 0 saturated carbocycles. The van der Waals surface area contributed by atoms with E-state index in [1.54, 1.807) is 14.0 Å². The summed E-state index contributed by atoms with van der Waals surface area (Å²) in [5, 5.41) is 9.50. The molecule has 0 aliphatic carbocycles. The third kappa shape index (κ3) is 5.59. The summed E-state index contributed by atoms with van der Waals surface area (Å²) in [7, 11) is -2.21. The van der Waals surface area contributed by atoms with Crippen LogP contribution in [0.4, 0.5) is 5.69 Å². The van der Waals surface area contributed by atoms with Crippen molar-refractivity contribution in [1.29, 1.82) is 0 Å². The number of rotatable bonds is 7. The average molecular weight is 442 g/mol. The van der Waals surface area contributed by atoms with E-state index in [9.17, 15) is 18.0 Å². The summed E-state index contributed by atoms with van der Waals surface area (Å²) in [6.07, 6.45) is 0. The van der Waals surface area contributed by atoms with Crippen molar-refractivity contribution in [2.45, 2.75) is 17.7 Å². The molecule has 0 saturated heterocycles. The largest absolute Gasteiger partial charge is 0.497 e. The lowest BCUT2D eigenvalue weighted by Gasteiger charge is -2.13. The standard InChI is InChI=1S/C22H22N2O6S/c1-14(15-3-4-17-12-19(29-2)8-5-16(17)11-15)22(26)30-13-21(25)24-18-6-9-20(10-7-18)31(23,27)28/h3-12,14H,13H2,1-2H3,(H,24,25)(H2,23,27,28)/t14-/m1/s1. The highest BCUT2D eigenvalue weighted by Crippen LogP contribution is 2.25. The third-order valence-electron chi connectivity index (χ3n) is 4.74. The number of ether oxygens (including phenoxy) is 2. The van der Waals surface area contributed by atoms with Gasteiger partial charge in [0.2, 0.25) is 10.0 Å². The summed E-state index contributed by atoms with van der Waals surface area (Å²) in [6, 6.07) is 16.6. The number of nitrogens with two attached hydrogens (primary N) is 1. The second-order valence-corrected chi connectivity index (χ2v) is 8.48. The van der Waals surface area contributed by atoms with Crippen LogP contribution in [0.3, 0.4) is 0 Å². The Morgan fingerprint density at radius 1 is 1.00 bits per heavy atom. The number of carbonyl (C=O) groups is 2. The molecule has 31 heavy (non-hydrogen) atoms. The van der Waals surface area contributed by atoms with E-state index in [1.165, 1.54) is 24.3 Å². The molecule has 3 rings (SSSR count). The van der Waals surface area contributed by atoms with E-state index in [0.29, 0.717) is 5.69 Å². The molecule has 162 valence electrons. The number of hydrogen-bond donors (Lipinski definition) is 2. The van der Waals surface area contributed by atoms with E-state index < -0.39 is 34.4 Å². The van der Waals surface area contributed by atoms with E-state index in [4.69, 9.17) is 14.6 Å². The fraction of sp³-hybridized carbons (Fsp3) is 0.182. The number of fused-ring (bicyclic) bond motifs is 1. The number of primary sulfonamides is 1. The van der Waals surface area contributed by atoms with Crippen molar-refractivity contribution in [2.75, 3.05) is 19.0 Å². The summed E-state index contributed by atoms with van der Waals surface area (Å²) in [5.41, 5.74) is 1.12. The summed E-state index contributed by atoms with van der Waals surface area (Å²) < 4.78 is 32.8. The number of amides is 1. The monoisotopic (exact) mass is 442 g/mol. The molecule has 0 aliphatic heterocycles. The first-order chi connectivity index (χ1) is 14.7. The van der Waals surface area contributed by atoms with Gasteiger partial charge in [-0.05, 0) is 59.7 Å². The number of sulfonamides is 1. The third-order valence-corrected chi connectivity index (χ3v) is 5.67. The predicted octanol–water partition coefficient (Wildman–Crippen LogP) is 2.78. The Kier molecular flexibility index (Phi) is 6.57. The topological polar surface area (TPSA) is 125 Å². The smallest absolute Gasteiger partial charge is 0.313 e. The summed E-state index contributed by atoms with van der Waals surface area (Å²) in [6.45, 7) is 1.24. The maximum Gasteiger partial charge on any atom is 0.313 e. The van der Waals surface area contributed by atoms with E-state index in [1.807, 2.05) is 36.4 Å². The molecule has 0 heterocycles. The van der Waals surface area contributed by atoms with Crippen LogP contribution in [-0.2, 0) is 24.3 Å². The van der Waals surface area contributed by atoms with Gasteiger partial charge in [0.1, 0.15) is 5.75 Å². The van der Waals surface area contributed by atoms with Gasteiger partial charge in [-0.3, -0.25) is 9.59 Å². The van der Waals surface area contributed by atoms with Crippen LogP contribution in [0.15, 0.2) is 65.6 Å². The van der Waals surface area contributed by atoms with Crippen LogP contribution >= 0.6 is 0 Å². The van der Waals surface area contributed by atoms with Gasteiger partial charge in [0.25, 0.3) is 5.91 Å². The van der Waals surface area contributed by atoms with Gasteiger partial charge in [-0.15, -0.1) is 0 Å². The van der Waals surface area contributed by atoms with Crippen molar-refractivity contribution < 1.29 is 27.5 Å². The molecule has 0 aliphatic rings. The normalized spacial score (nSPS) is 12.2. The SMILES string of the molecule is COc1ccc2cc([C@@H](C)C(=O)OCC(=O)Nc3ccc(S(N)(=O)=O)cc3)ccc2c1. The molecule has 0 bridgehead atoms. The molecule has 0 fully saturated rings. The minimum atomic E-state index is -3.81. The Morgan fingerprint density at radius 2 is 1.65 bits per heavy atom. The van der Waals surface area contributed by atoms with Gasteiger partial charge in [0, 0.05) is 5.69 Å². The highest BCUT2D eigenvalue weighted by Gasteiger charge is 2.19. The number of esters is 1. The average Bonchev–Trinajstić information content (AvgIpc) is 2.76. The highest BCUT2D eigenvalue weighted by atomic mass is 32.2. The number of benzene rings is 3. The van der Waals surface area contributed by atoms with Crippen LogP contribution in [-0.4, -0.2) is 34.0 Å². The Balaban J connectivity index is 1.58. The lowest BCUT2D eigenvalue weighted by molar-refractivity contribution is -0.148. The van der Waals surface area contributed by atoms with Gasteiger partial charge in [-0.25, -0.2) is 13.6 Å². The van der Waals surface area contributed by atoms with Gasteiger partial charge < -0.3 is 14.8 Å². The lowest BCUT2D eigenvalue weighted by Crippen LogP contribution is -2.23. The van der Waals surface area contributed by atoms with Crippen molar-refractivity contribution in [3.8, 4) is 5.75 Å². The molecular formula is C22H22N2O6S. The van der Waals surface area contributed by atoms with Crippen molar-refractivity contribution in [3.63, 3.8) is 0 Å².